The van der Waals surface area contributed by atoms with Crippen molar-refractivity contribution in [2.24, 2.45) is 0 Å². The summed E-state index contributed by atoms with van der Waals surface area (Å²) in [6.07, 6.45) is -1.48. The van der Waals surface area contributed by atoms with E-state index in [1.165, 1.54) is 0 Å². The van der Waals surface area contributed by atoms with Crippen molar-refractivity contribution in [1.82, 2.24) is 5.32 Å². The van der Waals surface area contributed by atoms with Crippen molar-refractivity contribution in [3.05, 3.63) is 86.4 Å². The first-order valence-corrected chi connectivity index (χ1v) is 11.9. The predicted octanol–water partition coefficient (Wildman–Crippen LogP) is 5.27. The van der Waals surface area contributed by atoms with Gasteiger partial charge in [-0.2, -0.15) is 0 Å². The van der Waals surface area contributed by atoms with E-state index in [1.54, 1.807) is 18.2 Å². The van der Waals surface area contributed by atoms with Gasteiger partial charge in [-0.15, -0.1) is 0 Å². The number of fused-ring (bicyclic) bond motifs is 3. The first-order chi connectivity index (χ1) is 16.3. The number of carbonyl (C=O) groups is 3. The van der Waals surface area contributed by atoms with Gasteiger partial charge in [0, 0.05) is 14.5 Å². The summed E-state index contributed by atoms with van der Waals surface area (Å²) in [7, 11) is 0. The zero-order chi connectivity index (χ0) is 24.2. The normalized spacial score (nSPS) is 12.9. The summed E-state index contributed by atoms with van der Waals surface area (Å²) in [6.45, 7) is 0.0491. The van der Waals surface area contributed by atoms with Crippen LogP contribution in [0.3, 0.4) is 0 Å². The number of carboxylic acids is 1. The van der Waals surface area contributed by atoms with Gasteiger partial charge in [0.25, 0.3) is 0 Å². The van der Waals surface area contributed by atoms with Crippen molar-refractivity contribution < 1.29 is 24.2 Å². The number of hydrogen-bond donors (Lipinski definition) is 3. The highest BCUT2D eigenvalue weighted by molar-refractivity contribution is 14.1. The smallest absolute Gasteiger partial charge is 0.407 e. The van der Waals surface area contributed by atoms with E-state index in [0.29, 0.717) is 14.3 Å². The largest absolute Gasteiger partial charge is 0.481 e. The highest BCUT2D eigenvalue weighted by Crippen LogP contribution is 2.44. The van der Waals surface area contributed by atoms with E-state index in [-0.39, 0.29) is 12.5 Å². The zero-order valence-corrected chi connectivity index (χ0v) is 20.7. The Morgan fingerprint density at radius 2 is 1.62 bits per heavy atom. The Morgan fingerprint density at radius 1 is 1.00 bits per heavy atom. The molecule has 34 heavy (non-hydrogen) atoms. The molecule has 0 spiro atoms. The van der Waals surface area contributed by atoms with E-state index in [0.717, 1.165) is 22.3 Å². The number of alkyl carbamates (subject to hydrolysis) is 1. The third-order valence-electron chi connectivity index (χ3n) is 5.52. The monoisotopic (exact) mass is 590 g/mol. The summed E-state index contributed by atoms with van der Waals surface area (Å²) in [5.74, 6) is -2.08. The van der Waals surface area contributed by atoms with Gasteiger partial charge in [-0.3, -0.25) is 9.59 Å². The first-order valence-electron chi connectivity index (χ1n) is 10.4. The van der Waals surface area contributed by atoms with Gasteiger partial charge >= 0.3 is 12.1 Å². The van der Waals surface area contributed by atoms with E-state index >= 15 is 0 Å². The Bertz CT molecular complexity index is 1220. The lowest BCUT2D eigenvalue weighted by molar-refractivity contribution is -0.139. The molecule has 0 fully saturated rings. The number of anilines is 1. The van der Waals surface area contributed by atoms with Crippen LogP contribution in [0.1, 0.15) is 23.5 Å². The van der Waals surface area contributed by atoms with Crippen molar-refractivity contribution in [1.29, 1.82) is 0 Å². The van der Waals surface area contributed by atoms with Crippen LogP contribution in [0.5, 0.6) is 0 Å². The topological polar surface area (TPSA) is 105 Å². The average molecular weight is 591 g/mol. The molecule has 4 rings (SSSR count). The molecule has 0 heterocycles. The molecule has 0 radical (unpaired) electrons. The van der Waals surface area contributed by atoms with Crippen LogP contribution in [0.4, 0.5) is 10.5 Å². The number of amides is 2. The lowest BCUT2D eigenvalue weighted by Gasteiger charge is -2.19. The molecule has 7 nitrogen and oxygen atoms in total. The van der Waals surface area contributed by atoms with Crippen LogP contribution in [-0.2, 0) is 14.3 Å². The highest BCUT2D eigenvalue weighted by Gasteiger charge is 2.30. The van der Waals surface area contributed by atoms with Gasteiger partial charge in [0.05, 0.1) is 12.1 Å². The van der Waals surface area contributed by atoms with Crippen molar-refractivity contribution in [2.75, 3.05) is 11.9 Å². The molecule has 0 aliphatic heterocycles. The van der Waals surface area contributed by atoms with E-state index in [4.69, 9.17) is 16.3 Å². The first kappa shape index (κ1) is 24.0. The fourth-order valence-corrected chi connectivity index (χ4v) is 4.62. The van der Waals surface area contributed by atoms with E-state index < -0.39 is 30.4 Å². The minimum absolute atomic E-state index is 0.0491. The molecule has 3 N–H and O–H groups in total. The van der Waals surface area contributed by atoms with Crippen LogP contribution in [-0.4, -0.2) is 35.7 Å². The number of halogens is 2. The molecule has 0 aromatic heterocycles. The van der Waals surface area contributed by atoms with Crippen molar-refractivity contribution in [3.63, 3.8) is 0 Å². The van der Waals surface area contributed by atoms with Crippen molar-refractivity contribution >= 4 is 57.8 Å². The fourth-order valence-electron chi connectivity index (χ4n) is 3.98. The number of rotatable bonds is 7. The van der Waals surface area contributed by atoms with E-state index in [9.17, 15) is 19.5 Å². The fraction of sp³-hybridized carbons (Fsp3) is 0.160. The average Bonchev–Trinajstić information content (AvgIpc) is 3.13. The Kier molecular flexibility index (Phi) is 7.38. The maximum Gasteiger partial charge on any atom is 0.407 e. The number of benzene rings is 3. The lowest BCUT2D eigenvalue weighted by Crippen LogP contribution is -2.45. The highest BCUT2D eigenvalue weighted by atomic mass is 127. The maximum absolute atomic E-state index is 12.7. The summed E-state index contributed by atoms with van der Waals surface area (Å²) in [4.78, 5) is 36.6. The second-order valence-corrected chi connectivity index (χ2v) is 9.33. The molecule has 0 saturated heterocycles. The molecule has 2 amide bonds. The number of hydrogen-bond acceptors (Lipinski definition) is 4. The molecule has 1 unspecified atom stereocenters. The molecular weight excluding hydrogens is 571 g/mol. The molecule has 9 heteroatoms. The van der Waals surface area contributed by atoms with E-state index in [2.05, 4.69) is 10.6 Å². The Morgan fingerprint density at radius 3 is 2.24 bits per heavy atom. The SMILES string of the molecule is O=C(O)CC(NC(=O)OCC1c2ccccc2-c2ccccc21)C(=O)Nc1cc(Cl)ccc1I. The standard InChI is InChI=1S/C25H20ClIN2O5/c26-14-9-10-20(27)21(11-14)28-24(32)22(12-23(30)31)29-25(33)34-13-19-17-7-3-1-5-15(17)16-6-2-4-8-18(16)19/h1-11,19,22H,12-13H2,(H,28,32)(H,29,33)(H,30,31). The minimum Gasteiger partial charge on any atom is -0.481 e. The Hall–Kier alpha value is -3.11. The summed E-state index contributed by atoms with van der Waals surface area (Å²) in [6, 6.07) is 19.4. The summed E-state index contributed by atoms with van der Waals surface area (Å²) in [5.41, 5.74) is 4.69. The summed E-state index contributed by atoms with van der Waals surface area (Å²) >= 11 is 8.00. The Balaban J connectivity index is 1.44. The molecule has 1 atom stereocenters. The number of aliphatic carboxylic acids is 1. The van der Waals surface area contributed by atoms with Gasteiger partial charge in [0.2, 0.25) is 5.91 Å². The van der Waals surface area contributed by atoms with Crippen LogP contribution in [0.25, 0.3) is 11.1 Å². The second kappa shape index (κ2) is 10.4. The second-order valence-electron chi connectivity index (χ2n) is 7.73. The summed E-state index contributed by atoms with van der Waals surface area (Å²) in [5, 5.41) is 14.7. The van der Waals surface area contributed by atoms with Crippen molar-refractivity contribution in [3.8, 4) is 11.1 Å². The predicted molar refractivity (Wildman–Crippen MR) is 137 cm³/mol. The van der Waals surface area contributed by atoms with Gasteiger partial charge < -0.3 is 20.5 Å². The molecule has 3 aromatic carbocycles. The third kappa shape index (κ3) is 5.34. The molecule has 0 saturated carbocycles. The van der Waals surface area contributed by atoms with Gasteiger partial charge in [-0.1, -0.05) is 60.1 Å². The third-order valence-corrected chi connectivity index (χ3v) is 6.69. The van der Waals surface area contributed by atoms with E-state index in [1.807, 2.05) is 71.1 Å². The molecular formula is C25H20ClIN2O5. The number of nitrogens with one attached hydrogen (secondary N) is 2. The number of carbonyl (C=O) groups excluding carboxylic acids is 2. The van der Waals surface area contributed by atoms with Crippen LogP contribution >= 0.6 is 34.2 Å². The van der Waals surface area contributed by atoms with Gasteiger partial charge in [0.1, 0.15) is 12.6 Å². The summed E-state index contributed by atoms with van der Waals surface area (Å²) < 4.78 is 6.16. The molecule has 174 valence electrons. The minimum atomic E-state index is -1.33. The Labute approximate surface area is 214 Å². The van der Waals surface area contributed by atoms with Gasteiger partial charge in [-0.05, 0) is 63.0 Å². The van der Waals surface area contributed by atoms with Gasteiger partial charge in [0.15, 0.2) is 0 Å². The maximum atomic E-state index is 12.7. The quantitative estimate of drug-likeness (QED) is 0.326. The van der Waals surface area contributed by atoms with Crippen LogP contribution < -0.4 is 10.6 Å². The zero-order valence-electron chi connectivity index (χ0n) is 17.8. The molecule has 1 aliphatic carbocycles. The van der Waals surface area contributed by atoms with Crippen molar-refractivity contribution in [2.45, 2.75) is 18.4 Å². The number of carboxylic acid groups (broad SMARTS) is 1. The molecule has 1 aliphatic rings. The molecule has 3 aromatic rings. The van der Waals surface area contributed by atoms with Crippen LogP contribution in [0, 0.1) is 3.57 Å². The van der Waals surface area contributed by atoms with Crippen LogP contribution in [0.2, 0.25) is 5.02 Å². The van der Waals surface area contributed by atoms with Gasteiger partial charge in [-0.25, -0.2) is 4.79 Å². The van der Waals surface area contributed by atoms with Crippen LogP contribution in [0.15, 0.2) is 66.7 Å². The lowest BCUT2D eigenvalue weighted by atomic mass is 9.98. The number of ether oxygens (including phenoxy) is 1. The molecule has 0 bridgehead atoms.